The second kappa shape index (κ2) is 6.66. The summed E-state index contributed by atoms with van der Waals surface area (Å²) in [6.45, 7) is 0. The Balaban J connectivity index is 2.44. The highest BCUT2D eigenvalue weighted by Gasteiger charge is 2.19. The average Bonchev–Trinajstić information content (AvgIpc) is 2.37. The molecule has 0 aliphatic carbocycles. The SMILES string of the molecule is O=S(=O)(Nc1c(Br)cc(Br)cc1Br)c1ccc(Br)c(F)c1. The molecule has 0 amide bonds. The van der Waals surface area contributed by atoms with Gasteiger partial charge in [0.15, 0.2) is 0 Å². The number of hydrogen-bond acceptors (Lipinski definition) is 2. The molecule has 2 aromatic carbocycles. The van der Waals surface area contributed by atoms with E-state index in [4.69, 9.17) is 0 Å². The summed E-state index contributed by atoms with van der Waals surface area (Å²) in [5.41, 5.74) is 0.335. The van der Waals surface area contributed by atoms with Crippen LogP contribution in [0.2, 0.25) is 0 Å². The van der Waals surface area contributed by atoms with Crippen molar-refractivity contribution in [3.8, 4) is 0 Å². The van der Waals surface area contributed by atoms with E-state index < -0.39 is 15.8 Å². The van der Waals surface area contributed by atoms with Crippen molar-refractivity contribution in [2.75, 3.05) is 4.72 Å². The Morgan fingerprint density at radius 3 is 2.00 bits per heavy atom. The van der Waals surface area contributed by atoms with E-state index in [0.29, 0.717) is 14.6 Å². The monoisotopic (exact) mass is 563 g/mol. The van der Waals surface area contributed by atoms with Crippen molar-refractivity contribution in [2.45, 2.75) is 4.90 Å². The number of anilines is 1. The zero-order valence-corrected chi connectivity index (χ0v) is 17.2. The van der Waals surface area contributed by atoms with Crippen LogP contribution in [0.1, 0.15) is 0 Å². The summed E-state index contributed by atoms with van der Waals surface area (Å²) in [4.78, 5) is -0.162. The predicted octanol–water partition coefficient (Wildman–Crippen LogP) is 5.68. The number of hydrogen-bond donors (Lipinski definition) is 1. The minimum Gasteiger partial charge on any atom is -0.277 e. The van der Waals surface area contributed by atoms with E-state index in [1.807, 2.05) is 0 Å². The van der Waals surface area contributed by atoms with Gasteiger partial charge in [0.2, 0.25) is 0 Å². The summed E-state index contributed by atoms with van der Waals surface area (Å²) in [6.07, 6.45) is 0. The van der Waals surface area contributed by atoms with Crippen LogP contribution in [-0.2, 0) is 10.0 Å². The first kappa shape index (κ1) is 17.4. The Hall–Kier alpha value is 0.0400. The minimum atomic E-state index is -3.90. The molecule has 2 rings (SSSR count). The van der Waals surface area contributed by atoms with E-state index in [0.717, 1.165) is 10.5 Å². The van der Waals surface area contributed by atoms with Gasteiger partial charge in [-0.3, -0.25) is 4.72 Å². The van der Waals surface area contributed by atoms with Crippen LogP contribution in [0.5, 0.6) is 0 Å². The van der Waals surface area contributed by atoms with Crippen LogP contribution in [0.3, 0.4) is 0 Å². The molecule has 1 N–H and O–H groups in total. The third-order valence-electron chi connectivity index (χ3n) is 2.44. The Bertz CT molecular complexity index is 788. The third kappa shape index (κ3) is 4.07. The molecule has 0 atom stereocenters. The summed E-state index contributed by atoms with van der Waals surface area (Å²) in [5, 5.41) is 0. The maximum atomic E-state index is 13.5. The number of nitrogens with one attached hydrogen (secondary N) is 1. The molecule has 0 aliphatic heterocycles. The molecule has 2 aromatic rings. The van der Waals surface area contributed by atoms with Crippen LogP contribution in [0.15, 0.2) is 53.1 Å². The molecule has 112 valence electrons. The van der Waals surface area contributed by atoms with Crippen LogP contribution in [0.25, 0.3) is 0 Å². The van der Waals surface area contributed by atoms with Gasteiger partial charge in [0.25, 0.3) is 10.0 Å². The van der Waals surface area contributed by atoms with Crippen molar-refractivity contribution in [2.24, 2.45) is 0 Å². The van der Waals surface area contributed by atoms with Crippen molar-refractivity contribution in [1.29, 1.82) is 0 Å². The first-order chi connectivity index (χ1) is 9.70. The molecule has 9 heteroatoms. The molecule has 21 heavy (non-hydrogen) atoms. The Morgan fingerprint density at radius 2 is 1.48 bits per heavy atom. The number of rotatable bonds is 3. The van der Waals surface area contributed by atoms with Gasteiger partial charge in [-0.1, -0.05) is 15.9 Å². The topological polar surface area (TPSA) is 46.2 Å². The molecule has 0 spiro atoms. The average molecular weight is 567 g/mol. The van der Waals surface area contributed by atoms with E-state index >= 15 is 0 Å². The van der Waals surface area contributed by atoms with Crippen LogP contribution in [-0.4, -0.2) is 8.42 Å². The lowest BCUT2D eigenvalue weighted by Crippen LogP contribution is -2.14. The maximum absolute atomic E-state index is 13.5. The van der Waals surface area contributed by atoms with Crippen molar-refractivity contribution >= 4 is 79.4 Å². The quantitative estimate of drug-likeness (QED) is 0.520. The van der Waals surface area contributed by atoms with Gasteiger partial charge in [0.1, 0.15) is 5.82 Å². The molecule has 0 heterocycles. The smallest absolute Gasteiger partial charge is 0.262 e. The van der Waals surface area contributed by atoms with Gasteiger partial charge < -0.3 is 0 Å². The number of halogens is 5. The molecule has 0 saturated carbocycles. The second-order valence-corrected chi connectivity index (χ2v) is 9.09. The molecular weight excluding hydrogens is 561 g/mol. The summed E-state index contributed by atoms with van der Waals surface area (Å²) in [7, 11) is -3.90. The molecule has 0 saturated heterocycles. The largest absolute Gasteiger partial charge is 0.277 e. The lowest BCUT2D eigenvalue weighted by molar-refractivity contribution is 0.593. The number of sulfonamides is 1. The summed E-state index contributed by atoms with van der Waals surface area (Å²) in [5.74, 6) is -0.646. The van der Waals surface area contributed by atoms with Gasteiger partial charge >= 0.3 is 0 Å². The minimum absolute atomic E-state index is 0.162. The zero-order valence-electron chi connectivity index (χ0n) is 10.0. The van der Waals surface area contributed by atoms with E-state index in [9.17, 15) is 12.8 Å². The summed E-state index contributed by atoms with van der Waals surface area (Å²) in [6, 6.07) is 7.01. The Labute approximate surface area is 154 Å². The fraction of sp³-hybridized carbons (Fsp3) is 0. The van der Waals surface area contributed by atoms with Crippen LogP contribution in [0.4, 0.5) is 10.1 Å². The molecule has 0 bridgehead atoms. The van der Waals surface area contributed by atoms with Gasteiger partial charge in [0.05, 0.1) is 15.1 Å². The van der Waals surface area contributed by atoms with Crippen molar-refractivity contribution in [3.63, 3.8) is 0 Å². The molecule has 3 nitrogen and oxygen atoms in total. The van der Waals surface area contributed by atoms with Crippen LogP contribution < -0.4 is 4.72 Å². The lowest BCUT2D eigenvalue weighted by Gasteiger charge is -2.12. The summed E-state index contributed by atoms with van der Waals surface area (Å²) < 4.78 is 42.6. The third-order valence-corrected chi connectivity index (χ3v) is 6.14. The Morgan fingerprint density at radius 1 is 0.905 bits per heavy atom. The fourth-order valence-corrected chi connectivity index (χ4v) is 5.56. The highest BCUT2D eigenvalue weighted by atomic mass is 79.9. The number of benzene rings is 2. The molecule has 0 aliphatic rings. The predicted molar refractivity (Wildman–Crippen MR) is 94.5 cm³/mol. The molecule has 0 fully saturated rings. The van der Waals surface area contributed by atoms with Crippen molar-refractivity contribution < 1.29 is 12.8 Å². The van der Waals surface area contributed by atoms with Gasteiger partial charge in [-0.15, -0.1) is 0 Å². The standard InChI is InChI=1S/C12H6Br4FNO2S/c13-6-3-9(15)12(10(16)4-6)18-21(19,20)7-1-2-8(14)11(17)5-7/h1-5,18H. The molecule has 0 unspecified atom stereocenters. The molecular formula is C12H6Br4FNO2S. The van der Waals surface area contributed by atoms with E-state index in [-0.39, 0.29) is 9.37 Å². The van der Waals surface area contributed by atoms with Gasteiger partial charge in [-0.05, 0) is 78.1 Å². The van der Waals surface area contributed by atoms with Crippen LogP contribution in [0, 0.1) is 5.82 Å². The van der Waals surface area contributed by atoms with Gasteiger partial charge in [0, 0.05) is 13.4 Å². The van der Waals surface area contributed by atoms with Gasteiger partial charge in [-0.25, -0.2) is 12.8 Å². The van der Waals surface area contributed by atoms with Crippen molar-refractivity contribution in [3.05, 3.63) is 54.0 Å². The normalized spacial score (nSPS) is 11.5. The van der Waals surface area contributed by atoms with E-state index in [1.165, 1.54) is 12.1 Å². The Kier molecular flexibility index (Phi) is 5.51. The highest BCUT2D eigenvalue weighted by molar-refractivity contribution is 9.11. The fourth-order valence-electron chi connectivity index (χ4n) is 1.48. The first-order valence-corrected chi connectivity index (χ1v) is 9.98. The van der Waals surface area contributed by atoms with Gasteiger partial charge in [-0.2, -0.15) is 0 Å². The summed E-state index contributed by atoms with van der Waals surface area (Å²) >= 11 is 12.8. The first-order valence-electron chi connectivity index (χ1n) is 5.33. The lowest BCUT2D eigenvalue weighted by atomic mass is 10.3. The maximum Gasteiger partial charge on any atom is 0.262 e. The second-order valence-electron chi connectivity index (χ2n) is 3.93. The highest BCUT2D eigenvalue weighted by Crippen LogP contribution is 2.35. The van der Waals surface area contributed by atoms with Crippen LogP contribution >= 0.6 is 63.7 Å². The molecule has 0 radical (unpaired) electrons. The van der Waals surface area contributed by atoms with E-state index in [1.54, 1.807) is 12.1 Å². The molecule has 0 aromatic heterocycles. The zero-order chi connectivity index (χ0) is 15.8. The van der Waals surface area contributed by atoms with Crippen molar-refractivity contribution in [1.82, 2.24) is 0 Å². The van der Waals surface area contributed by atoms with E-state index in [2.05, 4.69) is 68.4 Å².